The highest BCUT2D eigenvalue weighted by Crippen LogP contribution is 2.36. The molecular weight excluding hydrogens is 330 g/mol. The van der Waals surface area contributed by atoms with E-state index in [2.05, 4.69) is 26.1 Å². The maximum absolute atomic E-state index is 12.2. The monoisotopic (exact) mass is 355 g/mol. The van der Waals surface area contributed by atoms with Crippen LogP contribution in [0, 0.1) is 0 Å². The summed E-state index contributed by atoms with van der Waals surface area (Å²) in [4.78, 5) is 12.2. The van der Waals surface area contributed by atoms with E-state index < -0.39 is 0 Å². The third-order valence-electron chi connectivity index (χ3n) is 4.59. The number of hydrogen-bond acceptors (Lipinski definition) is 4. The van der Waals surface area contributed by atoms with E-state index >= 15 is 0 Å². The van der Waals surface area contributed by atoms with E-state index in [-0.39, 0.29) is 24.7 Å². The predicted molar refractivity (Wildman–Crippen MR) is 99.9 cm³/mol. The van der Waals surface area contributed by atoms with Gasteiger partial charge >= 0.3 is 0 Å². The molecule has 1 aliphatic rings. The molecule has 0 spiro atoms. The molecule has 1 N–H and O–H groups in total. The molecule has 2 aromatic carbocycles. The predicted octanol–water partition coefficient (Wildman–Crippen LogP) is 3.45. The summed E-state index contributed by atoms with van der Waals surface area (Å²) in [5.74, 6) is 2.14. The van der Waals surface area contributed by atoms with Gasteiger partial charge in [-0.25, -0.2) is 0 Å². The van der Waals surface area contributed by atoms with Crippen LogP contribution in [0.2, 0.25) is 0 Å². The van der Waals surface area contributed by atoms with Gasteiger partial charge in [0.2, 0.25) is 6.79 Å². The van der Waals surface area contributed by atoms with E-state index in [1.165, 1.54) is 0 Å². The standard InChI is InChI=1S/C21H25NO4/c1-4-15-7-5-6-8-17(15)24-12-20(23)22-13-21(2,3)16-9-10-18-19(11-16)26-14-25-18/h5-11H,4,12-14H2,1-3H3,(H,22,23). The summed E-state index contributed by atoms with van der Waals surface area (Å²) in [6, 6.07) is 13.7. The minimum atomic E-state index is -0.238. The van der Waals surface area contributed by atoms with Crippen LogP contribution in [0.25, 0.3) is 0 Å². The lowest BCUT2D eigenvalue weighted by atomic mass is 9.84. The second-order valence-corrected chi connectivity index (χ2v) is 6.98. The lowest BCUT2D eigenvalue weighted by Gasteiger charge is -2.26. The first-order valence-corrected chi connectivity index (χ1v) is 8.87. The van der Waals surface area contributed by atoms with E-state index in [9.17, 15) is 4.79 Å². The van der Waals surface area contributed by atoms with Crippen molar-refractivity contribution in [3.8, 4) is 17.2 Å². The summed E-state index contributed by atoms with van der Waals surface area (Å²) in [7, 11) is 0. The molecule has 5 nitrogen and oxygen atoms in total. The summed E-state index contributed by atoms with van der Waals surface area (Å²) in [6.07, 6.45) is 0.870. The number of nitrogens with one attached hydrogen (secondary N) is 1. The molecule has 1 amide bonds. The van der Waals surface area contributed by atoms with Crippen molar-refractivity contribution in [3.05, 3.63) is 53.6 Å². The third-order valence-corrected chi connectivity index (χ3v) is 4.59. The molecule has 26 heavy (non-hydrogen) atoms. The van der Waals surface area contributed by atoms with E-state index in [4.69, 9.17) is 14.2 Å². The van der Waals surface area contributed by atoms with Crippen molar-refractivity contribution >= 4 is 5.91 Å². The number of ether oxygens (including phenoxy) is 3. The number of amides is 1. The Labute approximate surface area is 154 Å². The first-order chi connectivity index (χ1) is 12.5. The van der Waals surface area contributed by atoms with Gasteiger partial charge in [-0.15, -0.1) is 0 Å². The maximum atomic E-state index is 12.2. The molecule has 1 heterocycles. The van der Waals surface area contributed by atoms with Gasteiger partial charge in [-0.05, 0) is 35.7 Å². The van der Waals surface area contributed by atoms with Gasteiger partial charge in [-0.2, -0.15) is 0 Å². The smallest absolute Gasteiger partial charge is 0.257 e. The van der Waals surface area contributed by atoms with Crippen LogP contribution in [0.4, 0.5) is 0 Å². The Hall–Kier alpha value is -2.69. The zero-order valence-corrected chi connectivity index (χ0v) is 15.5. The van der Waals surface area contributed by atoms with E-state index in [0.717, 1.165) is 34.8 Å². The average Bonchev–Trinajstić information content (AvgIpc) is 3.12. The van der Waals surface area contributed by atoms with Crippen LogP contribution in [-0.2, 0) is 16.6 Å². The molecule has 3 rings (SSSR count). The van der Waals surface area contributed by atoms with Crippen LogP contribution < -0.4 is 19.5 Å². The summed E-state index contributed by atoms with van der Waals surface area (Å²) in [5.41, 5.74) is 1.94. The van der Waals surface area contributed by atoms with Crippen molar-refractivity contribution in [1.29, 1.82) is 0 Å². The van der Waals surface area contributed by atoms with Gasteiger partial charge in [-0.3, -0.25) is 4.79 Å². The Bertz CT molecular complexity index is 785. The number of fused-ring (bicyclic) bond motifs is 1. The zero-order valence-electron chi connectivity index (χ0n) is 15.5. The molecule has 0 bridgehead atoms. The molecule has 0 unspecified atom stereocenters. The highest BCUT2D eigenvalue weighted by Gasteiger charge is 2.24. The number of rotatable bonds is 7. The Morgan fingerprint density at radius 1 is 1.15 bits per heavy atom. The molecule has 0 aromatic heterocycles. The van der Waals surface area contributed by atoms with Crippen LogP contribution in [0.5, 0.6) is 17.2 Å². The molecular formula is C21H25NO4. The van der Waals surface area contributed by atoms with E-state index in [1.54, 1.807) is 0 Å². The van der Waals surface area contributed by atoms with Gasteiger partial charge in [0, 0.05) is 12.0 Å². The van der Waals surface area contributed by atoms with Gasteiger partial charge < -0.3 is 19.5 Å². The number of carbonyl (C=O) groups is 1. The van der Waals surface area contributed by atoms with Crippen LogP contribution in [0.15, 0.2) is 42.5 Å². The van der Waals surface area contributed by atoms with Gasteiger partial charge in [0.05, 0.1) is 0 Å². The van der Waals surface area contributed by atoms with Crippen LogP contribution in [0.1, 0.15) is 31.9 Å². The second kappa shape index (κ2) is 7.68. The van der Waals surface area contributed by atoms with E-state index in [0.29, 0.717) is 6.54 Å². The molecule has 0 saturated carbocycles. The molecule has 2 aromatic rings. The maximum Gasteiger partial charge on any atom is 0.257 e. The SMILES string of the molecule is CCc1ccccc1OCC(=O)NCC(C)(C)c1ccc2c(c1)OCO2. The molecule has 1 aliphatic heterocycles. The zero-order chi connectivity index (χ0) is 18.6. The molecule has 0 radical (unpaired) electrons. The number of benzene rings is 2. The van der Waals surface area contributed by atoms with Gasteiger partial charge in [0.25, 0.3) is 5.91 Å². The third kappa shape index (κ3) is 4.10. The minimum absolute atomic E-state index is 0.00817. The van der Waals surface area contributed by atoms with Gasteiger partial charge in [0.15, 0.2) is 18.1 Å². The van der Waals surface area contributed by atoms with Crippen molar-refractivity contribution in [2.24, 2.45) is 0 Å². The molecule has 138 valence electrons. The summed E-state index contributed by atoms with van der Waals surface area (Å²) < 4.78 is 16.5. The molecule has 0 aliphatic carbocycles. The second-order valence-electron chi connectivity index (χ2n) is 6.98. The van der Waals surface area contributed by atoms with Crippen molar-refractivity contribution in [1.82, 2.24) is 5.32 Å². The van der Waals surface area contributed by atoms with Crippen LogP contribution >= 0.6 is 0 Å². The number of carbonyl (C=O) groups excluding carboxylic acids is 1. The topological polar surface area (TPSA) is 56.8 Å². The van der Waals surface area contributed by atoms with Gasteiger partial charge in [-0.1, -0.05) is 45.0 Å². The number of para-hydroxylation sites is 1. The Kier molecular flexibility index (Phi) is 5.35. The van der Waals surface area contributed by atoms with Crippen LogP contribution in [0.3, 0.4) is 0 Å². The largest absolute Gasteiger partial charge is 0.483 e. The van der Waals surface area contributed by atoms with Crippen LogP contribution in [-0.4, -0.2) is 25.9 Å². The van der Waals surface area contributed by atoms with Crippen molar-refractivity contribution in [3.63, 3.8) is 0 Å². The summed E-state index contributed by atoms with van der Waals surface area (Å²) >= 11 is 0. The summed E-state index contributed by atoms with van der Waals surface area (Å²) in [6.45, 7) is 7.00. The normalized spacial score (nSPS) is 12.7. The van der Waals surface area contributed by atoms with E-state index in [1.807, 2.05) is 42.5 Å². The fourth-order valence-corrected chi connectivity index (χ4v) is 2.87. The average molecular weight is 355 g/mol. The van der Waals surface area contributed by atoms with Crippen molar-refractivity contribution < 1.29 is 19.0 Å². The van der Waals surface area contributed by atoms with Crippen molar-refractivity contribution in [2.75, 3.05) is 19.9 Å². The lowest BCUT2D eigenvalue weighted by molar-refractivity contribution is -0.123. The first-order valence-electron chi connectivity index (χ1n) is 8.87. The molecule has 0 fully saturated rings. The fourth-order valence-electron chi connectivity index (χ4n) is 2.87. The highest BCUT2D eigenvalue weighted by atomic mass is 16.7. The Morgan fingerprint density at radius 3 is 2.73 bits per heavy atom. The first kappa shape index (κ1) is 18.1. The lowest BCUT2D eigenvalue weighted by Crippen LogP contribution is -2.39. The molecule has 0 atom stereocenters. The molecule has 5 heteroatoms. The number of hydrogen-bond donors (Lipinski definition) is 1. The Morgan fingerprint density at radius 2 is 1.92 bits per heavy atom. The molecule has 0 saturated heterocycles. The van der Waals surface area contributed by atoms with Gasteiger partial charge in [0.1, 0.15) is 5.75 Å². The minimum Gasteiger partial charge on any atom is -0.483 e. The highest BCUT2D eigenvalue weighted by molar-refractivity contribution is 5.77. The summed E-state index contributed by atoms with van der Waals surface area (Å²) in [5, 5.41) is 2.96. The van der Waals surface area contributed by atoms with Crippen molar-refractivity contribution in [2.45, 2.75) is 32.6 Å². The Balaban J connectivity index is 1.55. The number of aryl methyl sites for hydroxylation is 1. The fraction of sp³-hybridized carbons (Fsp3) is 0.381. The quantitative estimate of drug-likeness (QED) is 0.826.